The largest absolute Gasteiger partial charge is 0.496 e. The number of methoxy groups -OCH3 is 1. The molecule has 1 aromatic carbocycles. The molecule has 0 amide bonds. The summed E-state index contributed by atoms with van der Waals surface area (Å²) in [6.07, 6.45) is 0.722. The summed E-state index contributed by atoms with van der Waals surface area (Å²) >= 11 is 3.41. The minimum atomic E-state index is -0.797. The van der Waals surface area contributed by atoms with Gasteiger partial charge in [-0.3, -0.25) is 0 Å². The minimum Gasteiger partial charge on any atom is -0.496 e. The average Bonchev–Trinajstić information content (AvgIpc) is 2.66. The fraction of sp³-hybridized carbons (Fsp3) is 0.455. The van der Waals surface area contributed by atoms with E-state index in [1.165, 1.54) is 0 Å². The number of halogens is 1. The van der Waals surface area contributed by atoms with Crippen molar-refractivity contribution in [2.24, 2.45) is 0 Å². The number of hydrogen-bond acceptors (Lipinski definition) is 3. The molecule has 1 aromatic rings. The molecule has 15 heavy (non-hydrogen) atoms. The van der Waals surface area contributed by atoms with Gasteiger partial charge in [-0.25, -0.2) is 0 Å². The van der Waals surface area contributed by atoms with Crippen molar-refractivity contribution in [1.82, 2.24) is 5.32 Å². The molecule has 2 N–H and O–H groups in total. The number of aliphatic hydroxyl groups is 1. The van der Waals surface area contributed by atoms with E-state index in [-0.39, 0.29) is 0 Å². The van der Waals surface area contributed by atoms with Crippen molar-refractivity contribution in [3.63, 3.8) is 0 Å². The van der Waals surface area contributed by atoms with Crippen molar-refractivity contribution in [3.05, 3.63) is 28.2 Å². The van der Waals surface area contributed by atoms with E-state index in [9.17, 15) is 5.11 Å². The maximum Gasteiger partial charge on any atom is 0.125 e. The van der Waals surface area contributed by atoms with Gasteiger partial charge in [-0.1, -0.05) is 15.9 Å². The Bertz CT molecular complexity index is 362. The first kappa shape index (κ1) is 10.9. The maximum absolute atomic E-state index is 10.4. The molecule has 0 radical (unpaired) electrons. The van der Waals surface area contributed by atoms with Crippen LogP contribution in [0.3, 0.4) is 0 Å². The van der Waals surface area contributed by atoms with E-state index in [4.69, 9.17) is 4.74 Å². The molecule has 82 valence electrons. The van der Waals surface area contributed by atoms with Gasteiger partial charge in [-0.15, -0.1) is 0 Å². The highest BCUT2D eigenvalue weighted by molar-refractivity contribution is 9.10. The van der Waals surface area contributed by atoms with Gasteiger partial charge in [0, 0.05) is 16.6 Å². The highest BCUT2D eigenvalue weighted by Crippen LogP contribution is 2.36. The van der Waals surface area contributed by atoms with Gasteiger partial charge in [0.05, 0.1) is 7.11 Å². The number of rotatable bonds is 2. The summed E-state index contributed by atoms with van der Waals surface area (Å²) in [7, 11) is 1.62. The summed E-state index contributed by atoms with van der Waals surface area (Å²) in [5.74, 6) is 0.740. The van der Waals surface area contributed by atoms with E-state index in [0.717, 1.165) is 28.8 Å². The second-order valence-corrected chi connectivity index (χ2v) is 4.72. The van der Waals surface area contributed by atoms with Crippen LogP contribution in [-0.2, 0) is 5.60 Å². The minimum absolute atomic E-state index is 0.583. The second kappa shape index (κ2) is 4.12. The molecule has 1 unspecified atom stereocenters. The lowest BCUT2D eigenvalue weighted by Crippen LogP contribution is -2.28. The van der Waals surface area contributed by atoms with Crippen molar-refractivity contribution in [3.8, 4) is 5.75 Å². The SMILES string of the molecule is COc1ccc(Br)cc1C1(O)CCNC1. The van der Waals surface area contributed by atoms with E-state index in [2.05, 4.69) is 21.2 Å². The monoisotopic (exact) mass is 271 g/mol. The first-order chi connectivity index (χ1) is 7.15. The van der Waals surface area contributed by atoms with Gasteiger partial charge in [-0.2, -0.15) is 0 Å². The van der Waals surface area contributed by atoms with Crippen LogP contribution in [0.4, 0.5) is 0 Å². The molecule has 1 aliphatic rings. The number of nitrogens with one attached hydrogen (secondary N) is 1. The summed E-state index contributed by atoms with van der Waals surface area (Å²) in [4.78, 5) is 0. The van der Waals surface area contributed by atoms with Crippen LogP contribution in [0, 0.1) is 0 Å². The normalized spacial score (nSPS) is 25.5. The summed E-state index contributed by atoms with van der Waals surface area (Å²) < 4.78 is 6.23. The van der Waals surface area contributed by atoms with Gasteiger partial charge >= 0.3 is 0 Å². The molecular weight excluding hydrogens is 258 g/mol. The Hall–Kier alpha value is -0.580. The van der Waals surface area contributed by atoms with Crippen molar-refractivity contribution >= 4 is 15.9 Å². The zero-order valence-electron chi connectivity index (χ0n) is 8.59. The number of ether oxygens (including phenoxy) is 1. The van der Waals surface area contributed by atoms with Crippen LogP contribution in [-0.4, -0.2) is 25.3 Å². The Morgan fingerprint density at radius 3 is 2.93 bits per heavy atom. The fourth-order valence-electron chi connectivity index (χ4n) is 1.95. The van der Waals surface area contributed by atoms with Crippen molar-refractivity contribution in [2.75, 3.05) is 20.2 Å². The number of β-amino-alcohol motifs (C(OH)–C–C–N with tert-alkyl or cyclic N) is 1. The summed E-state index contributed by atoms with van der Waals surface area (Å²) in [5, 5.41) is 13.6. The molecule has 2 rings (SSSR count). The Balaban J connectivity index is 2.44. The third kappa shape index (κ3) is 2.02. The third-order valence-corrected chi connectivity index (χ3v) is 3.29. The van der Waals surface area contributed by atoms with E-state index in [0.29, 0.717) is 6.54 Å². The van der Waals surface area contributed by atoms with Crippen molar-refractivity contribution < 1.29 is 9.84 Å². The molecule has 1 fully saturated rings. The maximum atomic E-state index is 10.4. The van der Waals surface area contributed by atoms with Gasteiger partial charge in [0.2, 0.25) is 0 Å². The van der Waals surface area contributed by atoms with Gasteiger partial charge in [0.15, 0.2) is 0 Å². The summed E-state index contributed by atoms with van der Waals surface area (Å²) in [6.45, 7) is 1.42. The Morgan fingerprint density at radius 2 is 2.33 bits per heavy atom. The highest BCUT2D eigenvalue weighted by atomic mass is 79.9. The Kier molecular flexibility index (Phi) is 3.00. The molecule has 1 saturated heterocycles. The molecular formula is C11H14BrNO2. The number of hydrogen-bond donors (Lipinski definition) is 2. The molecule has 4 heteroatoms. The molecule has 1 aliphatic heterocycles. The predicted molar refractivity (Wildman–Crippen MR) is 62.1 cm³/mol. The molecule has 0 bridgehead atoms. The van der Waals surface area contributed by atoms with Gasteiger partial charge in [0.1, 0.15) is 11.4 Å². The molecule has 1 heterocycles. The second-order valence-electron chi connectivity index (χ2n) is 3.80. The lowest BCUT2D eigenvalue weighted by molar-refractivity contribution is 0.0560. The van der Waals surface area contributed by atoms with Crippen LogP contribution in [0.15, 0.2) is 22.7 Å². The van der Waals surface area contributed by atoms with Crippen LogP contribution < -0.4 is 10.1 Å². The van der Waals surface area contributed by atoms with E-state index >= 15 is 0 Å². The van der Waals surface area contributed by atoms with E-state index in [1.54, 1.807) is 7.11 Å². The van der Waals surface area contributed by atoms with Gasteiger partial charge in [-0.05, 0) is 31.2 Å². The first-order valence-electron chi connectivity index (χ1n) is 4.93. The standard InChI is InChI=1S/C11H14BrNO2/c1-15-10-3-2-8(12)6-9(10)11(14)4-5-13-7-11/h2-3,6,13-14H,4-5,7H2,1H3. The molecule has 1 atom stereocenters. The topological polar surface area (TPSA) is 41.5 Å². The van der Waals surface area contributed by atoms with Crippen LogP contribution in [0.25, 0.3) is 0 Å². The third-order valence-electron chi connectivity index (χ3n) is 2.80. The number of benzene rings is 1. The smallest absolute Gasteiger partial charge is 0.125 e. The lowest BCUT2D eigenvalue weighted by atomic mass is 9.92. The van der Waals surface area contributed by atoms with Crippen LogP contribution in [0.2, 0.25) is 0 Å². The van der Waals surface area contributed by atoms with Crippen LogP contribution in [0.5, 0.6) is 5.75 Å². The Morgan fingerprint density at radius 1 is 1.53 bits per heavy atom. The van der Waals surface area contributed by atoms with Gasteiger partial charge in [0.25, 0.3) is 0 Å². The summed E-state index contributed by atoms with van der Waals surface area (Å²) in [6, 6.07) is 5.70. The molecule has 3 nitrogen and oxygen atoms in total. The molecule has 0 aromatic heterocycles. The molecule has 0 spiro atoms. The molecule has 0 aliphatic carbocycles. The average molecular weight is 272 g/mol. The quantitative estimate of drug-likeness (QED) is 0.860. The zero-order valence-corrected chi connectivity index (χ0v) is 10.2. The molecule has 0 saturated carbocycles. The van der Waals surface area contributed by atoms with E-state index in [1.807, 2.05) is 18.2 Å². The highest BCUT2D eigenvalue weighted by Gasteiger charge is 2.35. The van der Waals surface area contributed by atoms with Gasteiger partial charge < -0.3 is 15.2 Å². The Labute approximate surface area is 97.6 Å². The van der Waals surface area contributed by atoms with Crippen molar-refractivity contribution in [1.29, 1.82) is 0 Å². The summed E-state index contributed by atoms with van der Waals surface area (Å²) in [5.41, 5.74) is 0.0548. The van der Waals surface area contributed by atoms with E-state index < -0.39 is 5.60 Å². The van der Waals surface area contributed by atoms with Crippen LogP contribution in [0.1, 0.15) is 12.0 Å². The zero-order chi connectivity index (χ0) is 10.9. The fourth-order valence-corrected chi connectivity index (χ4v) is 2.31. The first-order valence-corrected chi connectivity index (χ1v) is 5.72. The van der Waals surface area contributed by atoms with Crippen LogP contribution >= 0.6 is 15.9 Å². The van der Waals surface area contributed by atoms with Crippen molar-refractivity contribution in [2.45, 2.75) is 12.0 Å². The lowest BCUT2D eigenvalue weighted by Gasteiger charge is -2.24. The predicted octanol–water partition coefficient (Wildman–Crippen LogP) is 1.64.